The molecule has 1 aromatic heterocycles. The Labute approximate surface area is 148 Å². The number of aromatic nitrogens is 1. The maximum absolute atomic E-state index is 12.8. The van der Waals surface area contributed by atoms with E-state index in [0.29, 0.717) is 11.3 Å². The summed E-state index contributed by atoms with van der Waals surface area (Å²) >= 11 is 0. The molecular weight excluding hydrogens is 349 g/mol. The number of alkyl halides is 3. The van der Waals surface area contributed by atoms with Gasteiger partial charge in [-0.1, -0.05) is 6.07 Å². The lowest BCUT2D eigenvalue weighted by molar-refractivity contribution is -0.141. The standard InChI is InChI=1S/C17H19F3N4O2/c1-16(2,26)10-7-11(22)9(8-21)6-13(10)24-15(25)12-4-3-5-14(23-12)17(18,19)20/h3-6,8,10,21,26H,7,22H2,1-2H3,(H,24,25). The van der Waals surface area contributed by atoms with Gasteiger partial charge in [0.2, 0.25) is 0 Å². The fraction of sp³-hybridized carbons (Fsp3) is 0.353. The Balaban J connectivity index is 2.35. The van der Waals surface area contributed by atoms with Gasteiger partial charge in [0.1, 0.15) is 11.4 Å². The lowest BCUT2D eigenvalue weighted by Gasteiger charge is -2.34. The number of hydrogen-bond donors (Lipinski definition) is 4. The molecule has 5 N–H and O–H groups in total. The van der Waals surface area contributed by atoms with Gasteiger partial charge in [-0.3, -0.25) is 4.79 Å². The lowest BCUT2D eigenvalue weighted by Crippen LogP contribution is -2.41. The van der Waals surface area contributed by atoms with E-state index >= 15 is 0 Å². The van der Waals surface area contributed by atoms with Crippen LogP contribution in [0.25, 0.3) is 0 Å². The van der Waals surface area contributed by atoms with Crippen molar-refractivity contribution in [2.75, 3.05) is 0 Å². The van der Waals surface area contributed by atoms with Crippen molar-refractivity contribution in [3.63, 3.8) is 0 Å². The number of hydrogen-bond acceptors (Lipinski definition) is 5. The van der Waals surface area contributed by atoms with Crippen LogP contribution in [-0.4, -0.2) is 27.8 Å². The minimum atomic E-state index is -4.67. The third kappa shape index (κ3) is 4.29. The molecule has 0 radical (unpaired) electrons. The van der Waals surface area contributed by atoms with Crippen LogP contribution >= 0.6 is 0 Å². The molecule has 1 aliphatic rings. The number of pyridine rings is 1. The number of nitrogens with one attached hydrogen (secondary N) is 2. The first kappa shape index (κ1) is 19.6. The number of rotatable bonds is 4. The Kier molecular flexibility index (Phi) is 5.22. The monoisotopic (exact) mass is 368 g/mol. The lowest BCUT2D eigenvalue weighted by atomic mass is 9.80. The summed E-state index contributed by atoms with van der Waals surface area (Å²) in [7, 11) is 0. The second-order valence-corrected chi connectivity index (χ2v) is 6.49. The van der Waals surface area contributed by atoms with E-state index in [9.17, 15) is 23.1 Å². The third-order valence-electron chi connectivity index (χ3n) is 4.02. The maximum Gasteiger partial charge on any atom is 0.433 e. The zero-order valence-corrected chi connectivity index (χ0v) is 14.2. The smallest absolute Gasteiger partial charge is 0.401 e. The minimum absolute atomic E-state index is 0.191. The highest BCUT2D eigenvalue weighted by Gasteiger charge is 2.35. The molecule has 0 bridgehead atoms. The molecule has 9 heteroatoms. The van der Waals surface area contributed by atoms with E-state index in [4.69, 9.17) is 11.1 Å². The largest absolute Gasteiger partial charge is 0.433 e. The SMILES string of the molecule is CC(C)(O)C1CC(N)=C(C=N)C=C1NC(=O)c1cccc(C(F)(F)F)n1. The molecule has 26 heavy (non-hydrogen) atoms. The number of nitrogens with two attached hydrogens (primary N) is 1. The fourth-order valence-electron chi connectivity index (χ4n) is 2.61. The highest BCUT2D eigenvalue weighted by Crippen LogP contribution is 2.33. The quantitative estimate of drug-likeness (QED) is 0.611. The van der Waals surface area contributed by atoms with E-state index in [1.54, 1.807) is 0 Å². The molecule has 1 amide bonds. The van der Waals surface area contributed by atoms with Crippen molar-refractivity contribution in [3.05, 3.63) is 52.6 Å². The Hall–Kier alpha value is -2.68. The first-order valence-corrected chi connectivity index (χ1v) is 7.72. The first-order valence-electron chi connectivity index (χ1n) is 7.72. The molecule has 1 aromatic rings. The molecule has 0 aromatic carbocycles. The molecule has 2 rings (SSSR count). The molecular formula is C17H19F3N4O2. The summed E-state index contributed by atoms with van der Waals surface area (Å²) in [6.07, 6.45) is -2.04. The highest BCUT2D eigenvalue weighted by molar-refractivity contribution is 5.94. The number of carbonyl (C=O) groups excluding carboxylic acids is 1. The van der Waals surface area contributed by atoms with Gasteiger partial charge in [-0.2, -0.15) is 13.2 Å². The van der Waals surface area contributed by atoms with Crippen LogP contribution in [0.15, 0.2) is 41.2 Å². The summed E-state index contributed by atoms with van der Waals surface area (Å²) in [5, 5.41) is 20.2. The van der Waals surface area contributed by atoms with Crippen LogP contribution in [0.4, 0.5) is 13.2 Å². The second-order valence-electron chi connectivity index (χ2n) is 6.49. The summed E-state index contributed by atoms with van der Waals surface area (Å²) in [5.74, 6) is -1.44. The van der Waals surface area contributed by atoms with E-state index in [-0.39, 0.29) is 12.1 Å². The van der Waals surface area contributed by atoms with Crippen LogP contribution in [-0.2, 0) is 6.18 Å². The number of carbonyl (C=O) groups is 1. The van der Waals surface area contributed by atoms with Crippen molar-refractivity contribution >= 4 is 12.1 Å². The zero-order valence-electron chi connectivity index (χ0n) is 14.2. The van der Waals surface area contributed by atoms with Gasteiger partial charge in [0.15, 0.2) is 0 Å². The van der Waals surface area contributed by atoms with Crippen LogP contribution in [0.3, 0.4) is 0 Å². The van der Waals surface area contributed by atoms with Gasteiger partial charge in [0.25, 0.3) is 5.91 Å². The van der Waals surface area contributed by atoms with Crippen molar-refractivity contribution in [2.45, 2.75) is 32.0 Å². The van der Waals surface area contributed by atoms with E-state index in [1.807, 2.05) is 0 Å². The second kappa shape index (κ2) is 6.91. The van der Waals surface area contributed by atoms with Crippen LogP contribution in [0.2, 0.25) is 0 Å². The average Bonchev–Trinajstić information content (AvgIpc) is 2.54. The van der Waals surface area contributed by atoms with Crippen molar-refractivity contribution < 1.29 is 23.1 Å². The van der Waals surface area contributed by atoms with E-state index in [1.165, 1.54) is 19.9 Å². The van der Waals surface area contributed by atoms with Gasteiger partial charge in [0, 0.05) is 29.1 Å². The summed E-state index contributed by atoms with van der Waals surface area (Å²) < 4.78 is 38.3. The normalized spacial score (nSPS) is 18.4. The van der Waals surface area contributed by atoms with Crippen LogP contribution in [0, 0.1) is 11.3 Å². The molecule has 0 saturated heterocycles. The molecule has 1 heterocycles. The Morgan fingerprint density at radius 2 is 2.08 bits per heavy atom. The van der Waals surface area contributed by atoms with Gasteiger partial charge in [0.05, 0.1) is 5.60 Å². The zero-order chi connectivity index (χ0) is 19.7. The Morgan fingerprint density at radius 1 is 1.42 bits per heavy atom. The predicted octanol–water partition coefficient (Wildman–Crippen LogP) is 2.37. The van der Waals surface area contributed by atoms with Gasteiger partial charge in [-0.05, 0) is 38.5 Å². The number of amides is 1. The maximum atomic E-state index is 12.8. The summed E-state index contributed by atoms with van der Waals surface area (Å²) in [4.78, 5) is 15.7. The third-order valence-corrected chi connectivity index (χ3v) is 4.02. The van der Waals surface area contributed by atoms with Crippen molar-refractivity contribution in [2.24, 2.45) is 11.7 Å². The number of aliphatic hydroxyl groups is 1. The van der Waals surface area contributed by atoms with Crippen LogP contribution in [0.1, 0.15) is 36.5 Å². The minimum Gasteiger partial charge on any atom is -0.401 e. The number of halogens is 3. The summed E-state index contributed by atoms with van der Waals surface area (Å²) in [6, 6.07) is 3.02. The molecule has 0 fully saturated rings. The number of nitrogens with zero attached hydrogens (tertiary/aromatic N) is 1. The van der Waals surface area contributed by atoms with E-state index in [2.05, 4.69) is 10.3 Å². The molecule has 0 saturated carbocycles. The van der Waals surface area contributed by atoms with Crippen molar-refractivity contribution in [3.8, 4) is 0 Å². The van der Waals surface area contributed by atoms with Crippen molar-refractivity contribution in [1.29, 1.82) is 5.41 Å². The molecule has 0 spiro atoms. The van der Waals surface area contributed by atoms with Crippen LogP contribution < -0.4 is 11.1 Å². The average molecular weight is 368 g/mol. The summed E-state index contributed by atoms with van der Waals surface area (Å²) in [6.45, 7) is 3.06. The van der Waals surface area contributed by atoms with Gasteiger partial charge < -0.3 is 21.6 Å². The van der Waals surface area contributed by atoms with E-state index in [0.717, 1.165) is 24.4 Å². The molecule has 1 aliphatic carbocycles. The predicted molar refractivity (Wildman–Crippen MR) is 89.2 cm³/mol. The van der Waals surface area contributed by atoms with Gasteiger partial charge in [-0.25, -0.2) is 4.98 Å². The molecule has 6 nitrogen and oxygen atoms in total. The molecule has 1 atom stereocenters. The summed E-state index contributed by atoms with van der Waals surface area (Å²) in [5.41, 5.74) is 4.03. The Morgan fingerprint density at radius 3 is 2.62 bits per heavy atom. The topological polar surface area (TPSA) is 112 Å². The number of allylic oxidation sites excluding steroid dienone is 3. The Bertz CT molecular complexity index is 792. The van der Waals surface area contributed by atoms with Gasteiger partial charge >= 0.3 is 6.18 Å². The first-order chi connectivity index (χ1) is 11.9. The fourth-order valence-corrected chi connectivity index (χ4v) is 2.61. The highest BCUT2D eigenvalue weighted by atomic mass is 19.4. The molecule has 140 valence electrons. The van der Waals surface area contributed by atoms with Crippen LogP contribution in [0.5, 0.6) is 0 Å². The van der Waals surface area contributed by atoms with Gasteiger partial charge in [-0.15, -0.1) is 0 Å². The van der Waals surface area contributed by atoms with E-state index < -0.39 is 35.0 Å². The molecule has 1 unspecified atom stereocenters. The van der Waals surface area contributed by atoms with Crippen molar-refractivity contribution in [1.82, 2.24) is 10.3 Å². The molecule has 0 aliphatic heterocycles.